The van der Waals surface area contributed by atoms with E-state index < -0.39 is 0 Å². The molecule has 3 aromatic carbocycles. The summed E-state index contributed by atoms with van der Waals surface area (Å²) in [6.45, 7) is 2.46. The molecule has 0 saturated heterocycles. The topological polar surface area (TPSA) is 64.9 Å². The maximum absolute atomic E-state index is 13.2. The van der Waals surface area contributed by atoms with Crippen LogP contribution in [0, 0.1) is 6.92 Å². The Morgan fingerprint density at radius 1 is 0.919 bits per heavy atom. The van der Waals surface area contributed by atoms with Gasteiger partial charge >= 0.3 is 0 Å². The fourth-order valence-electron chi connectivity index (χ4n) is 4.47. The number of para-hydroxylation sites is 1. The fraction of sp³-hybridized carbons (Fsp3) is 0.161. The Morgan fingerprint density at radius 2 is 1.65 bits per heavy atom. The summed E-state index contributed by atoms with van der Waals surface area (Å²) in [5, 5.41) is 3.03. The van der Waals surface area contributed by atoms with E-state index in [1.54, 1.807) is 7.11 Å². The van der Waals surface area contributed by atoms with E-state index in [0.29, 0.717) is 18.0 Å². The van der Waals surface area contributed by atoms with E-state index in [2.05, 4.69) is 5.32 Å². The van der Waals surface area contributed by atoms with Crippen LogP contribution in [0.3, 0.4) is 0 Å². The standard InChI is InChI=1S/C31H29N3O3/c1-22-14-16-24(17-15-22)33-30(35)19-26(25-11-6-7-12-28(25)36-2)27-20-32-31-29(13-8-18-34(27)31)37-21-23-9-4-3-5-10-23/h3-18,20,26H,19,21H2,1-2H3,(H,33,35)/t26-/m0/s1. The van der Waals surface area contributed by atoms with Crippen molar-refractivity contribution in [3.8, 4) is 11.5 Å². The quantitative estimate of drug-likeness (QED) is 0.259. The Balaban J connectivity index is 1.48. The average molecular weight is 492 g/mol. The third-order valence-electron chi connectivity index (χ3n) is 6.36. The molecule has 186 valence electrons. The summed E-state index contributed by atoms with van der Waals surface area (Å²) in [4.78, 5) is 17.9. The number of ether oxygens (including phenoxy) is 2. The van der Waals surface area contributed by atoms with Gasteiger partial charge in [0.25, 0.3) is 0 Å². The Morgan fingerprint density at radius 3 is 2.43 bits per heavy atom. The number of nitrogens with zero attached hydrogens (tertiary/aromatic N) is 2. The predicted molar refractivity (Wildman–Crippen MR) is 145 cm³/mol. The molecular formula is C31H29N3O3. The molecule has 0 aliphatic carbocycles. The Hall–Kier alpha value is -4.58. The van der Waals surface area contributed by atoms with Gasteiger partial charge in [-0.25, -0.2) is 4.98 Å². The van der Waals surface area contributed by atoms with Crippen LogP contribution >= 0.6 is 0 Å². The van der Waals surface area contributed by atoms with Crippen molar-refractivity contribution < 1.29 is 14.3 Å². The number of anilines is 1. The summed E-state index contributed by atoms with van der Waals surface area (Å²) in [7, 11) is 1.65. The number of carbonyl (C=O) groups is 1. The number of aromatic nitrogens is 2. The summed E-state index contributed by atoms with van der Waals surface area (Å²) in [5.41, 5.74) is 5.48. The van der Waals surface area contributed by atoms with Gasteiger partial charge in [-0.05, 0) is 42.8 Å². The first kappa shape index (κ1) is 24.1. The van der Waals surface area contributed by atoms with Gasteiger partial charge in [-0.1, -0.05) is 66.2 Å². The molecule has 6 nitrogen and oxygen atoms in total. The molecule has 5 rings (SSSR count). The zero-order chi connectivity index (χ0) is 25.6. The number of hydrogen-bond donors (Lipinski definition) is 1. The lowest BCUT2D eigenvalue weighted by Gasteiger charge is -2.20. The Kier molecular flexibility index (Phi) is 7.17. The van der Waals surface area contributed by atoms with Crippen LogP contribution in [0.25, 0.3) is 5.65 Å². The lowest BCUT2D eigenvalue weighted by Crippen LogP contribution is -2.18. The van der Waals surface area contributed by atoms with Crippen molar-refractivity contribution in [1.29, 1.82) is 0 Å². The van der Waals surface area contributed by atoms with E-state index in [-0.39, 0.29) is 18.2 Å². The molecule has 0 aliphatic heterocycles. The molecule has 2 heterocycles. The Bertz CT molecular complexity index is 1490. The smallest absolute Gasteiger partial charge is 0.225 e. The van der Waals surface area contributed by atoms with Crippen molar-refractivity contribution in [3.05, 3.63) is 126 Å². The normalized spacial score (nSPS) is 11.7. The van der Waals surface area contributed by atoms with Crippen molar-refractivity contribution in [2.75, 3.05) is 12.4 Å². The van der Waals surface area contributed by atoms with Gasteiger partial charge in [0.2, 0.25) is 5.91 Å². The van der Waals surface area contributed by atoms with E-state index in [1.807, 2.05) is 115 Å². The van der Waals surface area contributed by atoms with Crippen LogP contribution < -0.4 is 14.8 Å². The number of nitrogens with one attached hydrogen (secondary N) is 1. The molecule has 1 amide bonds. The second-order valence-electron chi connectivity index (χ2n) is 8.94. The van der Waals surface area contributed by atoms with E-state index in [4.69, 9.17) is 14.5 Å². The summed E-state index contributed by atoms with van der Waals surface area (Å²) >= 11 is 0. The molecule has 1 N–H and O–H groups in total. The second kappa shape index (κ2) is 11.0. The fourth-order valence-corrected chi connectivity index (χ4v) is 4.47. The number of pyridine rings is 1. The summed E-state index contributed by atoms with van der Waals surface area (Å²) < 4.78 is 13.8. The van der Waals surface area contributed by atoms with Crippen molar-refractivity contribution in [1.82, 2.24) is 9.38 Å². The van der Waals surface area contributed by atoms with Gasteiger partial charge in [0.1, 0.15) is 12.4 Å². The van der Waals surface area contributed by atoms with E-state index >= 15 is 0 Å². The van der Waals surface area contributed by atoms with Gasteiger partial charge in [-0.3, -0.25) is 4.79 Å². The van der Waals surface area contributed by atoms with Crippen LogP contribution in [0.1, 0.15) is 34.7 Å². The summed E-state index contributed by atoms with van der Waals surface area (Å²) in [6, 6.07) is 29.5. The molecule has 0 saturated carbocycles. The number of imidazole rings is 1. The zero-order valence-electron chi connectivity index (χ0n) is 20.9. The minimum absolute atomic E-state index is 0.0915. The largest absolute Gasteiger partial charge is 0.496 e. The maximum Gasteiger partial charge on any atom is 0.225 e. The van der Waals surface area contributed by atoms with Crippen molar-refractivity contribution in [3.63, 3.8) is 0 Å². The zero-order valence-corrected chi connectivity index (χ0v) is 20.9. The van der Waals surface area contributed by atoms with E-state index in [9.17, 15) is 4.79 Å². The van der Waals surface area contributed by atoms with Gasteiger partial charge in [-0.2, -0.15) is 0 Å². The van der Waals surface area contributed by atoms with E-state index in [0.717, 1.165) is 33.8 Å². The van der Waals surface area contributed by atoms with Crippen LogP contribution in [0.2, 0.25) is 0 Å². The molecule has 0 aliphatic rings. The van der Waals surface area contributed by atoms with Crippen molar-refractivity contribution in [2.45, 2.75) is 25.9 Å². The van der Waals surface area contributed by atoms with Gasteiger partial charge in [-0.15, -0.1) is 0 Å². The number of benzene rings is 3. The molecule has 1 atom stereocenters. The number of carbonyl (C=O) groups excluding carboxylic acids is 1. The number of fused-ring (bicyclic) bond motifs is 1. The molecule has 2 aromatic heterocycles. The van der Waals surface area contributed by atoms with Crippen molar-refractivity contribution in [2.24, 2.45) is 0 Å². The summed E-state index contributed by atoms with van der Waals surface area (Å²) in [6.07, 6.45) is 3.99. The van der Waals surface area contributed by atoms with E-state index in [1.165, 1.54) is 0 Å². The monoisotopic (exact) mass is 491 g/mol. The predicted octanol–water partition coefficient (Wildman–Crippen LogP) is 6.39. The first-order chi connectivity index (χ1) is 18.1. The highest BCUT2D eigenvalue weighted by Crippen LogP contribution is 2.36. The molecule has 37 heavy (non-hydrogen) atoms. The number of rotatable bonds is 9. The highest BCUT2D eigenvalue weighted by molar-refractivity contribution is 5.91. The molecule has 0 spiro atoms. The number of hydrogen-bond acceptors (Lipinski definition) is 4. The van der Waals surface area contributed by atoms with Crippen LogP contribution in [-0.2, 0) is 11.4 Å². The van der Waals surface area contributed by atoms with Crippen LogP contribution in [0.4, 0.5) is 5.69 Å². The molecular weight excluding hydrogens is 462 g/mol. The van der Waals surface area contributed by atoms with Crippen molar-refractivity contribution >= 4 is 17.2 Å². The van der Waals surface area contributed by atoms with Gasteiger partial charge in [0.15, 0.2) is 11.4 Å². The first-order valence-corrected chi connectivity index (χ1v) is 12.2. The van der Waals surface area contributed by atoms with Gasteiger partial charge < -0.3 is 19.2 Å². The second-order valence-corrected chi connectivity index (χ2v) is 8.94. The third-order valence-corrected chi connectivity index (χ3v) is 6.36. The SMILES string of the molecule is COc1ccccc1[C@H](CC(=O)Nc1ccc(C)cc1)c1cnc2c(OCc3ccccc3)cccn12. The molecule has 0 unspecified atom stereocenters. The minimum atomic E-state index is -0.291. The lowest BCUT2D eigenvalue weighted by molar-refractivity contribution is -0.116. The Labute approximate surface area is 216 Å². The molecule has 5 aromatic rings. The van der Waals surface area contributed by atoms with Gasteiger partial charge in [0.05, 0.1) is 12.8 Å². The number of aryl methyl sites for hydroxylation is 1. The van der Waals surface area contributed by atoms with Gasteiger partial charge in [0, 0.05) is 36.0 Å². The molecule has 0 bridgehead atoms. The van der Waals surface area contributed by atoms with Crippen LogP contribution in [0.15, 0.2) is 103 Å². The highest BCUT2D eigenvalue weighted by atomic mass is 16.5. The summed E-state index contributed by atoms with van der Waals surface area (Å²) in [5.74, 6) is 1.02. The third kappa shape index (κ3) is 5.48. The maximum atomic E-state index is 13.2. The number of amides is 1. The lowest BCUT2D eigenvalue weighted by atomic mass is 9.91. The minimum Gasteiger partial charge on any atom is -0.496 e. The molecule has 0 fully saturated rings. The first-order valence-electron chi connectivity index (χ1n) is 12.2. The molecule has 6 heteroatoms. The highest BCUT2D eigenvalue weighted by Gasteiger charge is 2.25. The average Bonchev–Trinajstić information content (AvgIpc) is 3.37. The molecule has 0 radical (unpaired) electrons. The van der Waals surface area contributed by atoms with Crippen LogP contribution in [0.5, 0.6) is 11.5 Å². The number of methoxy groups -OCH3 is 1. The van der Waals surface area contributed by atoms with Crippen LogP contribution in [-0.4, -0.2) is 22.4 Å².